The van der Waals surface area contributed by atoms with E-state index in [0.29, 0.717) is 5.56 Å². The zero-order valence-electron chi connectivity index (χ0n) is 11.5. The van der Waals surface area contributed by atoms with Crippen LogP contribution in [0.15, 0.2) is 24.3 Å². The molecule has 0 saturated carbocycles. The molecular weight excluding hydrogens is 225 g/mol. The van der Waals surface area contributed by atoms with Gasteiger partial charge in [0.1, 0.15) is 5.82 Å². The molecule has 0 aromatic heterocycles. The highest BCUT2D eigenvalue weighted by atomic mass is 19.1. The van der Waals surface area contributed by atoms with Gasteiger partial charge < -0.3 is 5.73 Å². The molecule has 18 heavy (non-hydrogen) atoms. The predicted octanol–water partition coefficient (Wildman–Crippen LogP) is 4.97. The van der Waals surface area contributed by atoms with Crippen LogP contribution < -0.4 is 5.73 Å². The Balaban J connectivity index is 2.14. The lowest BCUT2D eigenvalue weighted by Gasteiger charge is -2.12. The Morgan fingerprint density at radius 1 is 1.00 bits per heavy atom. The van der Waals surface area contributed by atoms with Crippen LogP contribution in [0.1, 0.15) is 69.9 Å². The summed E-state index contributed by atoms with van der Waals surface area (Å²) in [6.45, 7) is 2.23. The van der Waals surface area contributed by atoms with E-state index in [4.69, 9.17) is 5.73 Å². The van der Waals surface area contributed by atoms with Crippen molar-refractivity contribution in [1.29, 1.82) is 0 Å². The van der Waals surface area contributed by atoms with Gasteiger partial charge in [-0.15, -0.1) is 0 Å². The number of benzene rings is 1. The number of rotatable bonds is 9. The van der Waals surface area contributed by atoms with Crippen LogP contribution in [0.4, 0.5) is 4.39 Å². The van der Waals surface area contributed by atoms with E-state index >= 15 is 0 Å². The Morgan fingerprint density at radius 3 is 2.28 bits per heavy atom. The topological polar surface area (TPSA) is 26.0 Å². The van der Waals surface area contributed by atoms with Crippen molar-refractivity contribution in [2.24, 2.45) is 5.73 Å². The Bertz CT molecular complexity index is 325. The molecule has 1 aromatic rings. The third kappa shape index (κ3) is 5.63. The molecule has 0 radical (unpaired) electrons. The van der Waals surface area contributed by atoms with E-state index in [1.807, 2.05) is 6.07 Å². The molecular formula is C16H26FN. The van der Waals surface area contributed by atoms with E-state index in [-0.39, 0.29) is 11.9 Å². The van der Waals surface area contributed by atoms with Crippen LogP contribution in [0.25, 0.3) is 0 Å². The predicted molar refractivity (Wildman–Crippen MR) is 75.9 cm³/mol. The fourth-order valence-corrected chi connectivity index (χ4v) is 2.25. The van der Waals surface area contributed by atoms with Gasteiger partial charge in [0.15, 0.2) is 0 Å². The van der Waals surface area contributed by atoms with E-state index in [1.165, 1.54) is 44.6 Å². The van der Waals surface area contributed by atoms with Crippen molar-refractivity contribution in [2.75, 3.05) is 0 Å². The average Bonchev–Trinajstić information content (AvgIpc) is 2.38. The number of unbranched alkanes of at least 4 members (excludes halogenated alkanes) is 6. The minimum absolute atomic E-state index is 0.151. The van der Waals surface area contributed by atoms with Gasteiger partial charge in [0.2, 0.25) is 0 Å². The maximum absolute atomic E-state index is 13.5. The van der Waals surface area contributed by atoms with Crippen LogP contribution in [0.3, 0.4) is 0 Å². The number of nitrogens with two attached hydrogens (primary N) is 1. The van der Waals surface area contributed by atoms with Crippen molar-refractivity contribution in [1.82, 2.24) is 0 Å². The quantitative estimate of drug-likeness (QED) is 0.616. The lowest BCUT2D eigenvalue weighted by molar-refractivity contribution is 0.520. The molecule has 1 unspecified atom stereocenters. The van der Waals surface area contributed by atoms with Crippen molar-refractivity contribution in [3.05, 3.63) is 35.6 Å². The van der Waals surface area contributed by atoms with Crippen molar-refractivity contribution in [3.8, 4) is 0 Å². The molecule has 0 bridgehead atoms. The molecule has 0 aliphatic rings. The second-order valence-corrected chi connectivity index (χ2v) is 5.04. The van der Waals surface area contributed by atoms with Crippen LogP contribution >= 0.6 is 0 Å². The first-order valence-electron chi connectivity index (χ1n) is 7.25. The molecule has 0 saturated heterocycles. The van der Waals surface area contributed by atoms with Gasteiger partial charge >= 0.3 is 0 Å². The number of hydrogen-bond donors (Lipinski definition) is 1. The summed E-state index contributed by atoms with van der Waals surface area (Å²) in [6.07, 6.45) is 9.78. The summed E-state index contributed by atoms with van der Waals surface area (Å²) in [5.74, 6) is -0.173. The first kappa shape index (κ1) is 15.2. The standard InChI is InChI=1S/C16H26FN/c1-2-3-4-5-6-7-8-13-16(18)14-11-9-10-12-15(14)17/h9-12,16H,2-8,13,18H2,1H3. The summed E-state index contributed by atoms with van der Waals surface area (Å²) in [7, 11) is 0. The number of hydrogen-bond acceptors (Lipinski definition) is 1. The van der Waals surface area contributed by atoms with Crippen LogP contribution in [-0.2, 0) is 0 Å². The second kappa shape index (κ2) is 9.09. The minimum atomic E-state index is -0.173. The van der Waals surface area contributed by atoms with Crippen molar-refractivity contribution in [2.45, 2.75) is 64.3 Å². The van der Waals surface area contributed by atoms with Gasteiger partial charge in [-0.3, -0.25) is 0 Å². The molecule has 1 nitrogen and oxygen atoms in total. The fourth-order valence-electron chi connectivity index (χ4n) is 2.25. The smallest absolute Gasteiger partial charge is 0.127 e. The van der Waals surface area contributed by atoms with Gasteiger partial charge in [0, 0.05) is 11.6 Å². The molecule has 0 heterocycles. The van der Waals surface area contributed by atoms with Gasteiger partial charge in [0.05, 0.1) is 0 Å². The van der Waals surface area contributed by atoms with Crippen molar-refractivity contribution >= 4 is 0 Å². The summed E-state index contributed by atoms with van der Waals surface area (Å²) in [4.78, 5) is 0. The maximum Gasteiger partial charge on any atom is 0.127 e. The normalized spacial score (nSPS) is 12.6. The van der Waals surface area contributed by atoms with E-state index in [0.717, 1.165) is 12.8 Å². The monoisotopic (exact) mass is 251 g/mol. The first-order chi connectivity index (χ1) is 8.75. The summed E-state index contributed by atoms with van der Waals surface area (Å²) < 4.78 is 13.5. The lowest BCUT2D eigenvalue weighted by Crippen LogP contribution is -2.11. The zero-order chi connectivity index (χ0) is 13.2. The summed E-state index contributed by atoms with van der Waals surface area (Å²) >= 11 is 0. The molecule has 0 aliphatic heterocycles. The van der Waals surface area contributed by atoms with E-state index in [9.17, 15) is 4.39 Å². The van der Waals surface area contributed by atoms with E-state index in [2.05, 4.69) is 6.92 Å². The Labute approximate surface area is 111 Å². The molecule has 0 spiro atoms. The molecule has 1 rings (SSSR count). The van der Waals surface area contributed by atoms with Gasteiger partial charge in [0.25, 0.3) is 0 Å². The molecule has 1 aromatic carbocycles. The van der Waals surface area contributed by atoms with Crippen LogP contribution in [0, 0.1) is 5.82 Å². The third-order valence-corrected chi connectivity index (χ3v) is 3.42. The molecule has 0 fully saturated rings. The SMILES string of the molecule is CCCCCCCCCC(N)c1ccccc1F. The largest absolute Gasteiger partial charge is 0.324 e. The van der Waals surface area contributed by atoms with Gasteiger partial charge in [-0.25, -0.2) is 4.39 Å². The molecule has 102 valence electrons. The average molecular weight is 251 g/mol. The zero-order valence-corrected chi connectivity index (χ0v) is 11.5. The van der Waals surface area contributed by atoms with Crippen LogP contribution in [0.5, 0.6) is 0 Å². The first-order valence-corrected chi connectivity index (χ1v) is 7.25. The van der Waals surface area contributed by atoms with Crippen molar-refractivity contribution in [3.63, 3.8) is 0 Å². The molecule has 1 atom stereocenters. The maximum atomic E-state index is 13.5. The van der Waals surface area contributed by atoms with Crippen LogP contribution in [0.2, 0.25) is 0 Å². The third-order valence-electron chi connectivity index (χ3n) is 3.42. The Morgan fingerprint density at radius 2 is 1.61 bits per heavy atom. The fraction of sp³-hybridized carbons (Fsp3) is 0.625. The second-order valence-electron chi connectivity index (χ2n) is 5.04. The van der Waals surface area contributed by atoms with E-state index < -0.39 is 0 Å². The molecule has 0 amide bonds. The summed E-state index contributed by atoms with van der Waals surface area (Å²) in [6, 6.07) is 6.69. The molecule has 0 aliphatic carbocycles. The Hall–Kier alpha value is -0.890. The summed E-state index contributed by atoms with van der Waals surface area (Å²) in [5, 5.41) is 0. The highest BCUT2D eigenvalue weighted by Gasteiger charge is 2.09. The van der Waals surface area contributed by atoms with E-state index in [1.54, 1.807) is 12.1 Å². The highest BCUT2D eigenvalue weighted by molar-refractivity contribution is 5.20. The molecule has 2 heteroatoms. The highest BCUT2D eigenvalue weighted by Crippen LogP contribution is 2.20. The van der Waals surface area contributed by atoms with Gasteiger partial charge in [-0.2, -0.15) is 0 Å². The lowest BCUT2D eigenvalue weighted by atomic mass is 10.00. The van der Waals surface area contributed by atoms with Crippen molar-refractivity contribution < 1.29 is 4.39 Å². The van der Waals surface area contributed by atoms with Crippen LogP contribution in [-0.4, -0.2) is 0 Å². The Kier molecular flexibility index (Phi) is 7.66. The molecule has 2 N–H and O–H groups in total. The summed E-state index contributed by atoms with van der Waals surface area (Å²) in [5.41, 5.74) is 6.67. The minimum Gasteiger partial charge on any atom is -0.324 e. The van der Waals surface area contributed by atoms with Gasteiger partial charge in [-0.05, 0) is 12.5 Å². The number of halogens is 1. The van der Waals surface area contributed by atoms with Gasteiger partial charge in [-0.1, -0.05) is 70.1 Å².